The van der Waals surface area contributed by atoms with Gasteiger partial charge in [0.2, 0.25) is 0 Å². The zero-order chi connectivity index (χ0) is 34.8. The van der Waals surface area contributed by atoms with Crippen molar-refractivity contribution in [3.63, 3.8) is 0 Å². The number of hydrogen-bond acceptors (Lipinski definition) is 9. The monoisotopic (exact) mass is 680 g/mol. The molecule has 1 saturated carbocycles. The molecule has 49 heavy (non-hydrogen) atoms. The predicted octanol–water partition coefficient (Wildman–Crippen LogP) is 7.31. The largest absolute Gasteiger partial charge is 0.376 e. The molecule has 1 fully saturated rings. The first-order valence-electron chi connectivity index (χ1n) is 17.7. The van der Waals surface area contributed by atoms with Crippen LogP contribution in [0, 0.1) is 5.92 Å². The van der Waals surface area contributed by atoms with Crippen LogP contribution < -0.4 is 0 Å². The molecule has 9 heteroatoms. The molecule has 3 aromatic carbocycles. The molecule has 0 aromatic heterocycles. The summed E-state index contributed by atoms with van der Waals surface area (Å²) in [5.74, 6) is -0.357. The van der Waals surface area contributed by atoms with Gasteiger partial charge in [0.1, 0.15) is 18.3 Å². The average Bonchev–Trinajstić information content (AvgIpc) is 3.10. The standard InChI is InChI=1S/C40H56O9/c1-7-42-29(4)47-37-35(28-41-25-32-19-13-10-14-20-32)36(45-26-33-21-15-11-16-22-33)39(48-30(5)43-8-2)38(40(37)49-31(6)44-9-3)46-27-34-23-17-12-18-24-34/h10-24,29-31,35-40H,7-9,25-28H2,1-6H3/t29?,30?,31?,35-,36+,37+,38-,39+,40-/m0/s1. The maximum Gasteiger partial charge on any atom is 0.155 e. The highest BCUT2D eigenvalue weighted by Crippen LogP contribution is 2.39. The summed E-state index contributed by atoms with van der Waals surface area (Å²) in [5, 5.41) is 0. The molecule has 1 aliphatic carbocycles. The summed E-state index contributed by atoms with van der Waals surface area (Å²) in [4.78, 5) is 0. The van der Waals surface area contributed by atoms with E-state index in [1.54, 1.807) is 0 Å². The maximum atomic E-state index is 6.88. The quantitative estimate of drug-likeness (QED) is 0.102. The van der Waals surface area contributed by atoms with Crippen LogP contribution in [0.1, 0.15) is 58.2 Å². The topological polar surface area (TPSA) is 83.1 Å². The summed E-state index contributed by atoms with van der Waals surface area (Å²) >= 11 is 0. The van der Waals surface area contributed by atoms with E-state index in [0.29, 0.717) is 46.2 Å². The van der Waals surface area contributed by atoms with Gasteiger partial charge >= 0.3 is 0 Å². The van der Waals surface area contributed by atoms with Gasteiger partial charge in [-0.15, -0.1) is 0 Å². The molecule has 4 rings (SSSR count). The molecule has 0 radical (unpaired) electrons. The number of benzene rings is 3. The number of hydrogen-bond donors (Lipinski definition) is 0. The lowest BCUT2D eigenvalue weighted by molar-refractivity contribution is -0.328. The average molecular weight is 681 g/mol. The molecule has 0 spiro atoms. The SMILES string of the molecule is CCOC(C)O[C@@H]1[C@@H](OCc2ccccc2)[C@H](OC(C)OCC)[C@H](OCc2ccccc2)[C@H](COCc2ccccc2)[C@H]1OC(C)OCC. The Kier molecular flexibility index (Phi) is 17.2. The summed E-state index contributed by atoms with van der Waals surface area (Å²) in [6, 6.07) is 30.3. The van der Waals surface area contributed by atoms with Crippen molar-refractivity contribution in [1.82, 2.24) is 0 Å². The molecular formula is C40H56O9. The Balaban J connectivity index is 1.78. The molecule has 9 nitrogen and oxygen atoms in total. The van der Waals surface area contributed by atoms with Crippen LogP contribution in [0.4, 0.5) is 0 Å². The highest BCUT2D eigenvalue weighted by molar-refractivity contribution is 5.16. The molecule has 0 saturated heterocycles. The van der Waals surface area contributed by atoms with E-state index in [0.717, 1.165) is 16.7 Å². The van der Waals surface area contributed by atoms with E-state index in [2.05, 4.69) is 0 Å². The second kappa shape index (κ2) is 21.5. The van der Waals surface area contributed by atoms with Crippen molar-refractivity contribution >= 4 is 0 Å². The first-order chi connectivity index (χ1) is 23.9. The number of ether oxygens (including phenoxy) is 9. The summed E-state index contributed by atoms with van der Waals surface area (Å²) in [7, 11) is 0. The van der Waals surface area contributed by atoms with Crippen LogP contribution in [0.3, 0.4) is 0 Å². The molecule has 3 aromatic rings. The molecule has 270 valence electrons. The molecule has 0 bridgehead atoms. The lowest BCUT2D eigenvalue weighted by Crippen LogP contribution is -2.66. The minimum absolute atomic E-state index is 0.301. The second-order valence-corrected chi connectivity index (χ2v) is 12.1. The fourth-order valence-corrected chi connectivity index (χ4v) is 6.23. The fraction of sp³-hybridized carbons (Fsp3) is 0.550. The Bertz CT molecular complexity index is 1260. The third-order valence-electron chi connectivity index (χ3n) is 8.38. The highest BCUT2D eigenvalue weighted by Gasteiger charge is 2.55. The van der Waals surface area contributed by atoms with Crippen molar-refractivity contribution in [2.75, 3.05) is 26.4 Å². The van der Waals surface area contributed by atoms with Gasteiger partial charge in [0, 0.05) is 25.7 Å². The van der Waals surface area contributed by atoms with Gasteiger partial charge in [-0.3, -0.25) is 0 Å². The lowest BCUT2D eigenvalue weighted by atomic mass is 9.77. The van der Waals surface area contributed by atoms with Crippen molar-refractivity contribution in [2.45, 2.75) is 111 Å². The van der Waals surface area contributed by atoms with Crippen LogP contribution in [0.15, 0.2) is 91.0 Å². The van der Waals surface area contributed by atoms with Crippen molar-refractivity contribution < 1.29 is 42.6 Å². The first kappa shape index (κ1) is 39.1. The minimum atomic E-state index is -0.645. The molecule has 0 N–H and O–H groups in total. The van der Waals surface area contributed by atoms with Crippen LogP contribution >= 0.6 is 0 Å². The zero-order valence-electron chi connectivity index (χ0n) is 30.0. The Morgan fingerprint density at radius 2 is 0.816 bits per heavy atom. The molecular weight excluding hydrogens is 624 g/mol. The van der Waals surface area contributed by atoms with Gasteiger partial charge in [0.25, 0.3) is 0 Å². The molecule has 9 atom stereocenters. The third-order valence-corrected chi connectivity index (χ3v) is 8.38. The molecule has 3 unspecified atom stereocenters. The van der Waals surface area contributed by atoms with Gasteiger partial charge in [0.05, 0.1) is 38.6 Å². The first-order valence-corrected chi connectivity index (χ1v) is 17.7. The van der Waals surface area contributed by atoms with Crippen LogP contribution in [-0.2, 0) is 62.5 Å². The predicted molar refractivity (Wildman–Crippen MR) is 188 cm³/mol. The van der Waals surface area contributed by atoms with E-state index in [-0.39, 0.29) is 5.92 Å². The van der Waals surface area contributed by atoms with E-state index >= 15 is 0 Å². The van der Waals surface area contributed by atoms with Crippen molar-refractivity contribution in [3.8, 4) is 0 Å². The Morgan fingerprint density at radius 1 is 0.449 bits per heavy atom. The molecule has 0 heterocycles. The Labute approximate surface area is 293 Å². The second-order valence-electron chi connectivity index (χ2n) is 12.1. The van der Waals surface area contributed by atoms with Gasteiger partial charge in [-0.2, -0.15) is 0 Å². The van der Waals surface area contributed by atoms with Gasteiger partial charge in [-0.1, -0.05) is 91.0 Å². The Morgan fingerprint density at radius 3 is 1.24 bits per heavy atom. The smallest absolute Gasteiger partial charge is 0.155 e. The van der Waals surface area contributed by atoms with Crippen LogP contribution in [-0.4, -0.2) is 75.8 Å². The van der Waals surface area contributed by atoms with Crippen LogP contribution in [0.2, 0.25) is 0 Å². The highest BCUT2D eigenvalue weighted by atomic mass is 16.7. The van der Waals surface area contributed by atoms with Crippen molar-refractivity contribution in [1.29, 1.82) is 0 Å². The summed E-state index contributed by atoms with van der Waals surface area (Å²) in [6.07, 6.45) is -4.67. The van der Waals surface area contributed by atoms with Gasteiger partial charge in [-0.05, 0) is 58.2 Å². The normalized spacial score (nSPS) is 24.4. The van der Waals surface area contributed by atoms with Gasteiger partial charge < -0.3 is 42.6 Å². The van der Waals surface area contributed by atoms with Crippen LogP contribution in [0.25, 0.3) is 0 Å². The van der Waals surface area contributed by atoms with E-state index in [1.165, 1.54) is 0 Å². The van der Waals surface area contributed by atoms with E-state index in [9.17, 15) is 0 Å². The van der Waals surface area contributed by atoms with Gasteiger partial charge in [0.15, 0.2) is 18.9 Å². The van der Waals surface area contributed by atoms with Crippen LogP contribution in [0.5, 0.6) is 0 Å². The van der Waals surface area contributed by atoms with E-state index in [1.807, 2.05) is 133 Å². The van der Waals surface area contributed by atoms with Gasteiger partial charge in [-0.25, -0.2) is 0 Å². The molecule has 0 aliphatic heterocycles. The fourth-order valence-electron chi connectivity index (χ4n) is 6.23. The van der Waals surface area contributed by atoms with Crippen molar-refractivity contribution in [2.24, 2.45) is 5.92 Å². The number of rotatable bonds is 22. The molecule has 0 amide bonds. The molecule has 1 aliphatic rings. The van der Waals surface area contributed by atoms with E-state index < -0.39 is 49.4 Å². The Hall–Kier alpha value is -2.70. The summed E-state index contributed by atoms with van der Waals surface area (Å²) < 4.78 is 58.3. The minimum Gasteiger partial charge on any atom is -0.376 e. The zero-order valence-corrected chi connectivity index (χ0v) is 30.0. The van der Waals surface area contributed by atoms with E-state index in [4.69, 9.17) is 42.6 Å². The third kappa shape index (κ3) is 12.5. The summed E-state index contributed by atoms with van der Waals surface area (Å²) in [6.45, 7) is 14.4. The maximum absolute atomic E-state index is 6.88. The lowest BCUT2D eigenvalue weighted by Gasteiger charge is -2.51. The van der Waals surface area contributed by atoms with Crippen molar-refractivity contribution in [3.05, 3.63) is 108 Å². The summed E-state index contributed by atoms with van der Waals surface area (Å²) in [5.41, 5.74) is 3.12.